The van der Waals surface area contributed by atoms with Gasteiger partial charge in [-0.1, -0.05) is 38.1 Å². The van der Waals surface area contributed by atoms with Crippen LogP contribution in [0.5, 0.6) is 11.5 Å². The molecule has 0 amide bonds. The zero-order valence-corrected chi connectivity index (χ0v) is 16.1. The first kappa shape index (κ1) is 24.5. The molecule has 0 saturated carbocycles. The van der Waals surface area contributed by atoms with Crippen LogP contribution in [0.15, 0.2) is 48.5 Å². The van der Waals surface area contributed by atoms with Crippen molar-refractivity contribution in [3.8, 4) is 11.5 Å². The van der Waals surface area contributed by atoms with E-state index in [1.165, 1.54) is 48.5 Å². The molecule has 0 spiro atoms. The molecule has 0 aliphatic carbocycles. The first-order valence-corrected chi connectivity index (χ1v) is 8.36. The second kappa shape index (κ2) is 13.7. The summed E-state index contributed by atoms with van der Waals surface area (Å²) in [5.41, 5.74) is 0.848. The Morgan fingerprint density at radius 1 is 0.704 bits per heavy atom. The molecular formula is C20H22CuO6. The van der Waals surface area contributed by atoms with E-state index >= 15 is 0 Å². The van der Waals surface area contributed by atoms with Crippen LogP contribution >= 0.6 is 0 Å². The molecule has 1 radical (unpaired) electrons. The molecule has 27 heavy (non-hydrogen) atoms. The molecule has 0 heterocycles. The third-order valence-electron chi connectivity index (χ3n) is 3.05. The summed E-state index contributed by atoms with van der Waals surface area (Å²) in [7, 11) is 0. The quantitative estimate of drug-likeness (QED) is 0.525. The van der Waals surface area contributed by atoms with Gasteiger partial charge in [-0.05, 0) is 37.1 Å². The van der Waals surface area contributed by atoms with Crippen LogP contribution in [-0.4, -0.2) is 25.2 Å². The van der Waals surface area contributed by atoms with Crippen LogP contribution in [0.3, 0.4) is 0 Å². The molecule has 0 aliphatic rings. The van der Waals surface area contributed by atoms with Gasteiger partial charge < -0.3 is 19.7 Å². The van der Waals surface area contributed by atoms with Crippen molar-refractivity contribution in [1.29, 1.82) is 0 Å². The Morgan fingerprint density at radius 3 is 1.26 bits per heavy atom. The normalized spacial score (nSPS) is 9.26. The predicted molar refractivity (Wildman–Crippen MR) is 92.9 cm³/mol. The van der Waals surface area contributed by atoms with Crippen LogP contribution in [0.1, 0.15) is 47.4 Å². The minimum Gasteiger partial charge on any atom is -0.872 e. The van der Waals surface area contributed by atoms with Crippen molar-refractivity contribution in [1.82, 2.24) is 0 Å². The Bertz CT molecular complexity index is 621. The number of carbonyl (C=O) groups is 2. The fourth-order valence-electron chi connectivity index (χ4n) is 1.74. The maximum atomic E-state index is 11.2. The summed E-state index contributed by atoms with van der Waals surface area (Å²) in [5, 5.41) is 21.4. The molecule has 0 N–H and O–H groups in total. The van der Waals surface area contributed by atoms with E-state index in [0.29, 0.717) is 24.3 Å². The van der Waals surface area contributed by atoms with E-state index < -0.39 is 0 Å². The van der Waals surface area contributed by atoms with Crippen molar-refractivity contribution in [2.24, 2.45) is 0 Å². The Morgan fingerprint density at radius 2 is 1.00 bits per heavy atom. The van der Waals surface area contributed by atoms with E-state index in [9.17, 15) is 19.8 Å². The summed E-state index contributed by atoms with van der Waals surface area (Å²) in [6, 6.07) is 11.3. The smallest absolute Gasteiger partial charge is 0.872 e. The van der Waals surface area contributed by atoms with Crippen LogP contribution in [0, 0.1) is 0 Å². The number of carbonyl (C=O) groups excluding carboxylic acids is 2. The fourth-order valence-corrected chi connectivity index (χ4v) is 1.74. The number of ether oxygens (including phenoxy) is 2. The fraction of sp³-hybridized carbons (Fsp3) is 0.300. The summed E-state index contributed by atoms with van der Waals surface area (Å²) >= 11 is 0. The van der Waals surface area contributed by atoms with Gasteiger partial charge in [-0.3, -0.25) is 0 Å². The van der Waals surface area contributed by atoms with Crippen molar-refractivity contribution in [3.63, 3.8) is 0 Å². The van der Waals surface area contributed by atoms with E-state index in [-0.39, 0.29) is 40.5 Å². The number of benzene rings is 2. The van der Waals surface area contributed by atoms with Gasteiger partial charge in [0.25, 0.3) is 0 Å². The van der Waals surface area contributed by atoms with Gasteiger partial charge in [0.15, 0.2) is 0 Å². The molecule has 2 aromatic carbocycles. The van der Waals surface area contributed by atoms with Crippen molar-refractivity contribution in [3.05, 3.63) is 59.7 Å². The van der Waals surface area contributed by atoms with Crippen LogP contribution in [-0.2, 0) is 26.5 Å². The van der Waals surface area contributed by atoms with Gasteiger partial charge in [0, 0.05) is 0 Å². The molecule has 0 saturated heterocycles. The maximum absolute atomic E-state index is 11.2. The molecule has 149 valence electrons. The monoisotopic (exact) mass is 421 g/mol. The van der Waals surface area contributed by atoms with Gasteiger partial charge in [-0.15, -0.1) is 11.5 Å². The Balaban J connectivity index is 0.000000483. The van der Waals surface area contributed by atoms with E-state index in [1.807, 2.05) is 13.8 Å². The number of rotatable bonds is 6. The van der Waals surface area contributed by atoms with Crippen molar-refractivity contribution in [2.75, 3.05) is 13.2 Å². The van der Waals surface area contributed by atoms with E-state index in [1.54, 1.807) is 0 Å². The molecule has 0 aromatic heterocycles. The van der Waals surface area contributed by atoms with Gasteiger partial charge in [0.05, 0.1) is 24.3 Å². The zero-order valence-electron chi connectivity index (χ0n) is 15.2. The Labute approximate surface area is 169 Å². The van der Waals surface area contributed by atoms with Gasteiger partial charge in [-0.25, -0.2) is 9.59 Å². The van der Waals surface area contributed by atoms with E-state index in [0.717, 1.165) is 12.8 Å². The largest absolute Gasteiger partial charge is 2.00 e. The third kappa shape index (κ3) is 9.68. The molecule has 2 rings (SSSR count). The van der Waals surface area contributed by atoms with Crippen molar-refractivity contribution in [2.45, 2.75) is 26.7 Å². The summed E-state index contributed by atoms with van der Waals surface area (Å²) in [6.07, 6.45) is 1.59. The first-order valence-electron chi connectivity index (χ1n) is 8.36. The third-order valence-corrected chi connectivity index (χ3v) is 3.05. The number of hydrogen-bond donors (Lipinski definition) is 0. The Kier molecular flexibility index (Phi) is 12.4. The van der Waals surface area contributed by atoms with E-state index in [2.05, 4.69) is 0 Å². The average molecular weight is 422 g/mol. The summed E-state index contributed by atoms with van der Waals surface area (Å²) in [5.74, 6) is -0.956. The van der Waals surface area contributed by atoms with Gasteiger partial charge in [0.2, 0.25) is 0 Å². The summed E-state index contributed by atoms with van der Waals surface area (Å²) < 4.78 is 9.75. The second-order valence-corrected chi connectivity index (χ2v) is 5.32. The van der Waals surface area contributed by atoms with Crippen LogP contribution in [0.25, 0.3) is 0 Å². The molecule has 0 unspecified atom stereocenters. The average Bonchev–Trinajstić information content (AvgIpc) is 2.66. The zero-order chi connectivity index (χ0) is 19.4. The van der Waals surface area contributed by atoms with Crippen LogP contribution in [0.4, 0.5) is 0 Å². The maximum Gasteiger partial charge on any atom is 2.00 e. The first-order chi connectivity index (χ1) is 12.5. The van der Waals surface area contributed by atoms with Crippen molar-refractivity contribution >= 4 is 11.9 Å². The molecule has 0 bridgehead atoms. The molecule has 2 aromatic rings. The minimum atomic E-state index is -0.373. The van der Waals surface area contributed by atoms with Crippen LogP contribution in [0.2, 0.25) is 0 Å². The van der Waals surface area contributed by atoms with Gasteiger partial charge in [-0.2, -0.15) is 0 Å². The molecule has 0 fully saturated rings. The topological polar surface area (TPSA) is 98.7 Å². The molecular weight excluding hydrogens is 400 g/mol. The summed E-state index contributed by atoms with van der Waals surface area (Å²) in [4.78, 5) is 22.4. The Hall–Kier alpha value is -2.50. The van der Waals surface area contributed by atoms with Gasteiger partial charge >= 0.3 is 29.0 Å². The second-order valence-electron chi connectivity index (χ2n) is 5.32. The van der Waals surface area contributed by atoms with Crippen LogP contribution < -0.4 is 10.2 Å². The minimum absolute atomic E-state index is 0. The molecule has 0 aliphatic heterocycles. The number of esters is 2. The molecule has 7 heteroatoms. The van der Waals surface area contributed by atoms with E-state index in [4.69, 9.17) is 9.47 Å². The van der Waals surface area contributed by atoms with Crippen molar-refractivity contribution < 1.29 is 46.3 Å². The summed E-state index contributed by atoms with van der Waals surface area (Å²) in [6.45, 7) is 4.68. The standard InChI is InChI=1S/2C10H12O3.Cu/c2*1-2-7-13-10(12)8-3-5-9(11)6-4-8;/h2*3-6,11H,2,7H2,1H3;/q;;+2/p-2. The molecule has 0 atom stereocenters. The van der Waals surface area contributed by atoms with Gasteiger partial charge in [0.1, 0.15) is 0 Å². The molecule has 6 nitrogen and oxygen atoms in total. The predicted octanol–water partition coefficient (Wildman–Crippen LogP) is 2.65. The number of hydrogen-bond acceptors (Lipinski definition) is 6. The SMILES string of the molecule is CCCOC(=O)c1ccc([O-])cc1.CCCOC(=O)c1ccc([O-])cc1.[Cu+2].